The van der Waals surface area contributed by atoms with Crippen molar-refractivity contribution in [3.05, 3.63) is 52.0 Å². The molecule has 2 heterocycles. The maximum atomic E-state index is 13.5. The Bertz CT molecular complexity index is 926. The van der Waals surface area contributed by atoms with E-state index in [-0.39, 0.29) is 42.6 Å². The number of nitrogens with zero attached hydrogens (tertiary/aromatic N) is 2. The number of amides is 1. The molecule has 1 amide bonds. The normalized spacial score (nSPS) is 17.2. The van der Waals surface area contributed by atoms with Gasteiger partial charge in [0.25, 0.3) is 0 Å². The van der Waals surface area contributed by atoms with Gasteiger partial charge in [-0.25, -0.2) is 4.39 Å². The van der Waals surface area contributed by atoms with E-state index < -0.39 is 6.10 Å². The Labute approximate surface area is 206 Å². The summed E-state index contributed by atoms with van der Waals surface area (Å²) in [6.07, 6.45) is 0.132. The molecular weight excluding hydrogens is 455 g/mol. The number of carbonyl (C=O) groups excluding carboxylic acids is 1. The third-order valence-electron chi connectivity index (χ3n) is 5.86. The molecule has 6 nitrogen and oxygen atoms in total. The fourth-order valence-corrected chi connectivity index (χ4v) is 4.90. The van der Waals surface area contributed by atoms with E-state index in [2.05, 4.69) is 11.4 Å². The van der Waals surface area contributed by atoms with Gasteiger partial charge in [0, 0.05) is 24.0 Å². The van der Waals surface area contributed by atoms with Gasteiger partial charge in [-0.1, -0.05) is 0 Å². The highest BCUT2D eigenvalue weighted by Gasteiger charge is 2.33. The molecule has 0 spiro atoms. The summed E-state index contributed by atoms with van der Waals surface area (Å²) in [6, 6.07) is 7.86. The number of halogens is 1. The third-order valence-corrected chi connectivity index (χ3v) is 6.86. The van der Waals surface area contributed by atoms with Gasteiger partial charge < -0.3 is 19.5 Å². The van der Waals surface area contributed by atoms with Gasteiger partial charge in [-0.15, -0.1) is 11.3 Å². The average Bonchev–Trinajstić information content (AvgIpc) is 3.25. The van der Waals surface area contributed by atoms with Crippen molar-refractivity contribution in [3.63, 3.8) is 0 Å². The topological polar surface area (TPSA) is 62.2 Å². The van der Waals surface area contributed by atoms with Crippen LogP contribution in [0.3, 0.4) is 0 Å². The van der Waals surface area contributed by atoms with Crippen molar-refractivity contribution in [2.75, 3.05) is 32.8 Å². The quantitative estimate of drug-likeness (QED) is 0.537. The fourth-order valence-electron chi connectivity index (χ4n) is 3.97. The number of carbonyl (C=O) groups is 1. The largest absolute Gasteiger partial charge is 0.491 e. The summed E-state index contributed by atoms with van der Waals surface area (Å²) < 4.78 is 24.9. The van der Waals surface area contributed by atoms with E-state index in [4.69, 9.17) is 9.47 Å². The molecule has 3 rings (SSSR count). The fraction of sp³-hybridized carbons (Fsp3) is 0.577. The first-order valence-corrected chi connectivity index (χ1v) is 12.7. The third kappa shape index (κ3) is 7.50. The average molecular weight is 493 g/mol. The molecule has 1 aromatic heterocycles. The summed E-state index contributed by atoms with van der Waals surface area (Å²) in [5, 5.41) is 12.6. The molecule has 1 aliphatic rings. The molecule has 0 bridgehead atoms. The highest BCUT2D eigenvalue weighted by Crippen LogP contribution is 2.34. The zero-order chi connectivity index (χ0) is 24.9. The number of thiophene rings is 1. The van der Waals surface area contributed by atoms with E-state index in [1.807, 2.05) is 44.4 Å². The molecule has 0 saturated heterocycles. The number of fused-ring (bicyclic) bond motifs is 1. The van der Waals surface area contributed by atoms with Crippen LogP contribution in [0.4, 0.5) is 4.39 Å². The number of benzene rings is 1. The molecule has 0 unspecified atom stereocenters. The first-order valence-electron chi connectivity index (χ1n) is 11.8. The summed E-state index contributed by atoms with van der Waals surface area (Å²) in [7, 11) is 0. The lowest BCUT2D eigenvalue weighted by molar-refractivity contribution is -0.137. The maximum Gasteiger partial charge on any atom is 0.237 e. The lowest BCUT2D eigenvalue weighted by Gasteiger charge is -2.38. The molecule has 0 saturated carbocycles. The van der Waals surface area contributed by atoms with E-state index >= 15 is 0 Å². The highest BCUT2D eigenvalue weighted by molar-refractivity contribution is 7.10. The predicted molar refractivity (Wildman–Crippen MR) is 133 cm³/mol. The van der Waals surface area contributed by atoms with E-state index in [0.29, 0.717) is 25.4 Å². The number of aliphatic hydroxyl groups is 1. The Hall–Kier alpha value is -2.00. The van der Waals surface area contributed by atoms with E-state index in [1.165, 1.54) is 17.0 Å². The van der Waals surface area contributed by atoms with Crippen molar-refractivity contribution < 1.29 is 23.8 Å². The van der Waals surface area contributed by atoms with Crippen molar-refractivity contribution in [2.45, 2.75) is 64.8 Å². The number of hydrogen-bond donors (Lipinski definition) is 1. The number of aliphatic hydroxyl groups excluding tert-OH is 1. The second-order valence-electron chi connectivity index (χ2n) is 10.0. The molecule has 1 N–H and O–H groups in total. The van der Waals surface area contributed by atoms with Gasteiger partial charge in [0.2, 0.25) is 5.91 Å². The molecule has 2 aromatic rings. The smallest absolute Gasteiger partial charge is 0.237 e. The Kier molecular flexibility index (Phi) is 9.09. The van der Waals surface area contributed by atoms with Crippen molar-refractivity contribution in [1.82, 2.24) is 9.80 Å². The van der Waals surface area contributed by atoms with Crippen LogP contribution in [0.25, 0.3) is 0 Å². The monoisotopic (exact) mass is 492 g/mol. The standard InChI is InChI=1S/C26H37FN2O4S/c1-18(2)28(14-20(30)16-33-26(3,4)5)15-25(31)29-12-10-24-22(11-13-34-24)23(29)17-32-21-8-6-19(27)7-9-21/h6-9,11,13,18,20,23,30H,10,12,14-17H2,1-5H3/t20-,23+/m1/s1. The molecule has 34 heavy (non-hydrogen) atoms. The minimum absolute atomic E-state index is 0.00203. The van der Waals surface area contributed by atoms with Gasteiger partial charge in [0.1, 0.15) is 18.2 Å². The molecule has 8 heteroatoms. The van der Waals surface area contributed by atoms with Crippen LogP contribution in [0.15, 0.2) is 35.7 Å². The summed E-state index contributed by atoms with van der Waals surface area (Å²) in [4.78, 5) is 18.6. The molecule has 2 atom stereocenters. The van der Waals surface area contributed by atoms with Crippen LogP contribution < -0.4 is 4.74 Å². The second-order valence-corrected chi connectivity index (χ2v) is 11.0. The van der Waals surface area contributed by atoms with Crippen LogP contribution in [0.1, 0.15) is 51.1 Å². The lowest BCUT2D eigenvalue weighted by atomic mass is 10.00. The number of ether oxygens (including phenoxy) is 2. The number of hydrogen-bond acceptors (Lipinski definition) is 6. The zero-order valence-electron chi connectivity index (χ0n) is 20.8. The van der Waals surface area contributed by atoms with Gasteiger partial charge in [-0.2, -0.15) is 0 Å². The molecule has 1 aliphatic heterocycles. The van der Waals surface area contributed by atoms with Crippen LogP contribution in [-0.2, 0) is 16.0 Å². The minimum atomic E-state index is -0.683. The van der Waals surface area contributed by atoms with Gasteiger partial charge in [0.15, 0.2) is 0 Å². The molecule has 1 aromatic carbocycles. The minimum Gasteiger partial charge on any atom is -0.491 e. The van der Waals surface area contributed by atoms with Gasteiger partial charge >= 0.3 is 0 Å². The maximum absolute atomic E-state index is 13.5. The Morgan fingerprint density at radius 3 is 2.62 bits per heavy atom. The van der Waals surface area contributed by atoms with Crippen LogP contribution in [0.2, 0.25) is 0 Å². The Morgan fingerprint density at radius 2 is 1.97 bits per heavy atom. The van der Waals surface area contributed by atoms with Crippen molar-refractivity contribution in [2.24, 2.45) is 0 Å². The summed E-state index contributed by atoms with van der Waals surface area (Å²) in [6.45, 7) is 11.6. The van der Waals surface area contributed by atoms with E-state index in [0.717, 1.165) is 12.0 Å². The van der Waals surface area contributed by atoms with E-state index in [1.54, 1.807) is 23.5 Å². The van der Waals surface area contributed by atoms with Crippen LogP contribution in [0.5, 0.6) is 5.75 Å². The van der Waals surface area contributed by atoms with Crippen molar-refractivity contribution >= 4 is 17.2 Å². The van der Waals surface area contributed by atoms with Crippen molar-refractivity contribution in [3.8, 4) is 5.75 Å². The summed E-state index contributed by atoms with van der Waals surface area (Å²) in [5.41, 5.74) is 0.782. The molecule has 0 fully saturated rings. The SMILES string of the molecule is CC(C)N(CC(=O)N1CCc2sccc2[C@@H]1COc1ccc(F)cc1)C[C@@H](O)COC(C)(C)C. The molecule has 0 aliphatic carbocycles. The molecule has 188 valence electrons. The zero-order valence-corrected chi connectivity index (χ0v) is 21.6. The predicted octanol–water partition coefficient (Wildman–Crippen LogP) is 4.28. The van der Waals surface area contributed by atoms with Crippen molar-refractivity contribution in [1.29, 1.82) is 0 Å². The van der Waals surface area contributed by atoms with Gasteiger partial charge in [-0.3, -0.25) is 9.69 Å². The molecule has 0 radical (unpaired) electrons. The summed E-state index contributed by atoms with van der Waals surface area (Å²) >= 11 is 1.70. The van der Waals surface area contributed by atoms with Crippen LogP contribution in [0, 0.1) is 5.82 Å². The highest BCUT2D eigenvalue weighted by atomic mass is 32.1. The first kappa shape index (κ1) is 26.6. The lowest BCUT2D eigenvalue weighted by Crippen LogP contribution is -2.49. The van der Waals surface area contributed by atoms with E-state index in [9.17, 15) is 14.3 Å². The van der Waals surface area contributed by atoms with Crippen LogP contribution >= 0.6 is 11.3 Å². The Balaban J connectivity index is 1.68. The van der Waals surface area contributed by atoms with Crippen LogP contribution in [-0.4, -0.2) is 71.4 Å². The van der Waals surface area contributed by atoms with Gasteiger partial charge in [0.05, 0.1) is 30.9 Å². The number of rotatable bonds is 10. The Morgan fingerprint density at radius 1 is 1.26 bits per heavy atom. The summed E-state index contributed by atoms with van der Waals surface area (Å²) in [5.74, 6) is 0.259. The van der Waals surface area contributed by atoms with Gasteiger partial charge in [-0.05, 0) is 82.3 Å². The second kappa shape index (κ2) is 11.6. The first-order chi connectivity index (χ1) is 16.0. The molecular formula is C26H37FN2O4S.